The van der Waals surface area contributed by atoms with Gasteiger partial charge in [0.25, 0.3) is 11.5 Å². The maximum Gasteiger partial charge on any atom is 0.338 e. The Labute approximate surface area is 213 Å². The smallest absolute Gasteiger partial charge is 0.338 e. The van der Waals surface area contributed by atoms with Crippen molar-refractivity contribution in [2.45, 2.75) is 26.8 Å². The van der Waals surface area contributed by atoms with Crippen LogP contribution in [-0.4, -0.2) is 29.6 Å². The first-order valence-corrected chi connectivity index (χ1v) is 12.9. The van der Waals surface area contributed by atoms with E-state index in [4.69, 9.17) is 4.74 Å². The van der Waals surface area contributed by atoms with Gasteiger partial charge >= 0.3 is 5.97 Å². The highest BCUT2D eigenvalue weighted by Gasteiger charge is 2.37. The minimum Gasteiger partial charge on any atom is -0.463 e. The van der Waals surface area contributed by atoms with Crippen molar-refractivity contribution in [2.75, 3.05) is 18.1 Å². The summed E-state index contributed by atoms with van der Waals surface area (Å²) in [7, 11) is 0. The minimum atomic E-state index is -0.707. The highest BCUT2D eigenvalue weighted by Crippen LogP contribution is 2.37. The van der Waals surface area contributed by atoms with Gasteiger partial charge in [0, 0.05) is 16.6 Å². The van der Waals surface area contributed by atoms with Crippen LogP contribution in [0.1, 0.15) is 37.9 Å². The van der Waals surface area contributed by atoms with Gasteiger partial charge in [-0.25, -0.2) is 9.79 Å². The first kappa shape index (κ1) is 23.4. The topological polar surface area (TPSA) is 81.0 Å². The number of aromatic nitrogens is 1. The Bertz CT molecular complexity index is 1590. The fraction of sp³-hybridized carbons (Fsp3) is 0.231. The molecule has 2 aliphatic rings. The average Bonchev–Trinajstić information content (AvgIpc) is 3.30. The van der Waals surface area contributed by atoms with Crippen LogP contribution < -0.4 is 19.8 Å². The molecule has 7 nitrogen and oxygen atoms in total. The van der Waals surface area contributed by atoms with Gasteiger partial charge in [0.2, 0.25) is 0 Å². The van der Waals surface area contributed by atoms with Gasteiger partial charge in [-0.15, -0.1) is 0 Å². The number of hydrogen-bond acceptors (Lipinski definition) is 6. The number of carbonyl (C=O) groups excluding carboxylic acids is 2. The second-order valence-electron chi connectivity index (χ2n) is 8.12. The normalized spacial score (nSPS) is 18.3. The molecule has 35 heavy (non-hydrogen) atoms. The molecule has 0 fully saturated rings. The average molecular weight is 552 g/mol. The van der Waals surface area contributed by atoms with Gasteiger partial charge in [0.15, 0.2) is 4.80 Å². The standard InChI is InChI=1S/C26H22BrN3O4S/c1-4-29-18-12-11-16(27)13-17(18)20(23(29)31)22-24(32)30-21(15-9-7-6-8-10-15)19(25(33)34-5-2)14(3)28-26(30)35-22/h6-13,21H,4-5H2,1-3H3/b22-20+/t21-/m1/s1. The van der Waals surface area contributed by atoms with E-state index >= 15 is 0 Å². The second-order valence-corrected chi connectivity index (χ2v) is 10.0. The lowest BCUT2D eigenvalue weighted by Crippen LogP contribution is -2.41. The monoisotopic (exact) mass is 551 g/mol. The van der Waals surface area contributed by atoms with Gasteiger partial charge in [-0.05, 0) is 44.5 Å². The van der Waals surface area contributed by atoms with E-state index in [1.54, 1.807) is 18.7 Å². The second kappa shape index (κ2) is 9.05. The lowest BCUT2D eigenvalue weighted by molar-refractivity contribution is -0.139. The highest BCUT2D eigenvalue weighted by atomic mass is 79.9. The van der Waals surface area contributed by atoms with Crippen molar-refractivity contribution in [3.63, 3.8) is 0 Å². The zero-order chi connectivity index (χ0) is 24.9. The minimum absolute atomic E-state index is 0.207. The van der Waals surface area contributed by atoms with Crippen LogP contribution >= 0.6 is 27.3 Å². The van der Waals surface area contributed by atoms with Crippen molar-refractivity contribution in [1.29, 1.82) is 0 Å². The molecule has 0 spiro atoms. The van der Waals surface area contributed by atoms with Crippen molar-refractivity contribution in [2.24, 2.45) is 4.99 Å². The number of fused-ring (bicyclic) bond motifs is 2. The summed E-state index contributed by atoms with van der Waals surface area (Å²) >= 11 is 4.66. The number of amides is 1. The Hall–Kier alpha value is -3.30. The number of likely N-dealkylation sites (N-methyl/N-ethyl adjacent to an activating group) is 1. The summed E-state index contributed by atoms with van der Waals surface area (Å²) in [4.78, 5) is 47.2. The predicted octanol–water partition coefficient (Wildman–Crippen LogP) is 3.30. The van der Waals surface area contributed by atoms with Crippen LogP contribution in [-0.2, 0) is 14.3 Å². The number of halogens is 1. The van der Waals surface area contributed by atoms with Crippen LogP contribution in [0, 0.1) is 0 Å². The molecule has 1 atom stereocenters. The molecule has 1 aromatic heterocycles. The highest BCUT2D eigenvalue weighted by molar-refractivity contribution is 9.10. The van der Waals surface area contributed by atoms with Crippen LogP contribution in [0.4, 0.5) is 5.69 Å². The van der Waals surface area contributed by atoms with Crippen LogP contribution in [0.3, 0.4) is 0 Å². The fourth-order valence-electron chi connectivity index (χ4n) is 4.63. The number of anilines is 1. The number of nitrogens with zero attached hydrogens (tertiary/aromatic N) is 3. The third-order valence-electron chi connectivity index (χ3n) is 6.13. The molecule has 2 aromatic carbocycles. The number of thiazole rings is 1. The summed E-state index contributed by atoms with van der Waals surface area (Å²) in [6.45, 7) is 6.07. The third-order valence-corrected chi connectivity index (χ3v) is 7.68. The summed E-state index contributed by atoms with van der Waals surface area (Å²) in [6.07, 6.45) is 0. The molecule has 0 radical (unpaired) electrons. The Balaban J connectivity index is 1.84. The zero-order valence-corrected chi connectivity index (χ0v) is 21.8. The van der Waals surface area contributed by atoms with E-state index < -0.39 is 12.0 Å². The van der Waals surface area contributed by atoms with Crippen LogP contribution in [0.15, 0.2) is 74.1 Å². The van der Waals surface area contributed by atoms with E-state index in [2.05, 4.69) is 20.9 Å². The first-order valence-electron chi connectivity index (χ1n) is 11.3. The molecule has 0 N–H and O–H groups in total. The van der Waals surface area contributed by atoms with Crippen LogP contribution in [0.5, 0.6) is 0 Å². The molecule has 2 aliphatic heterocycles. The van der Waals surface area contributed by atoms with Gasteiger partial charge in [-0.2, -0.15) is 0 Å². The molecular formula is C26H22BrN3O4S. The molecule has 1 amide bonds. The largest absolute Gasteiger partial charge is 0.463 e. The lowest BCUT2D eigenvalue weighted by Gasteiger charge is -2.24. The first-order chi connectivity index (χ1) is 16.9. The summed E-state index contributed by atoms with van der Waals surface area (Å²) in [5.74, 6) is -0.729. The molecule has 0 bridgehead atoms. The number of benzene rings is 2. The van der Waals surface area contributed by atoms with Crippen molar-refractivity contribution in [1.82, 2.24) is 4.57 Å². The SMILES string of the molecule is CCOC(=O)C1=C(C)N=c2s/c(=C3/C(=O)N(CC)c4ccc(Br)cc43)c(=O)n2[C@@H]1c1ccccc1. The summed E-state index contributed by atoms with van der Waals surface area (Å²) in [5, 5.41) is 0. The number of esters is 1. The number of allylic oxidation sites excluding steroid dienone is 1. The summed E-state index contributed by atoms with van der Waals surface area (Å²) < 4.78 is 7.97. The number of rotatable bonds is 4. The molecule has 0 saturated carbocycles. The number of ether oxygens (including phenoxy) is 1. The maximum atomic E-state index is 14.0. The molecule has 0 unspecified atom stereocenters. The van der Waals surface area contributed by atoms with E-state index in [9.17, 15) is 14.4 Å². The lowest BCUT2D eigenvalue weighted by atomic mass is 9.96. The predicted molar refractivity (Wildman–Crippen MR) is 138 cm³/mol. The van der Waals surface area contributed by atoms with Crippen molar-refractivity contribution in [3.8, 4) is 0 Å². The summed E-state index contributed by atoms with van der Waals surface area (Å²) in [5.41, 5.74) is 3.04. The zero-order valence-electron chi connectivity index (χ0n) is 19.4. The Morgan fingerprint density at radius 3 is 2.57 bits per heavy atom. The van der Waals surface area contributed by atoms with Crippen molar-refractivity contribution < 1.29 is 14.3 Å². The summed E-state index contributed by atoms with van der Waals surface area (Å²) in [6, 6.07) is 14.2. The number of carbonyl (C=O) groups is 2. The third kappa shape index (κ3) is 3.70. The van der Waals surface area contributed by atoms with E-state index in [1.165, 1.54) is 15.9 Å². The Kier molecular flexibility index (Phi) is 6.06. The molecule has 9 heteroatoms. The molecule has 5 rings (SSSR count). The molecule has 3 heterocycles. The van der Waals surface area contributed by atoms with E-state index in [1.807, 2.05) is 55.5 Å². The quantitative estimate of drug-likeness (QED) is 0.466. The molecule has 3 aromatic rings. The van der Waals surface area contributed by atoms with E-state index in [0.29, 0.717) is 38.3 Å². The number of hydrogen-bond donors (Lipinski definition) is 0. The van der Waals surface area contributed by atoms with Crippen LogP contribution in [0.2, 0.25) is 0 Å². The van der Waals surface area contributed by atoms with Gasteiger partial charge < -0.3 is 9.64 Å². The van der Waals surface area contributed by atoms with Gasteiger partial charge in [0.1, 0.15) is 4.53 Å². The van der Waals surface area contributed by atoms with Crippen molar-refractivity contribution >= 4 is 50.4 Å². The maximum absolute atomic E-state index is 14.0. The van der Waals surface area contributed by atoms with Gasteiger partial charge in [0.05, 0.1) is 35.2 Å². The van der Waals surface area contributed by atoms with Gasteiger partial charge in [-0.3, -0.25) is 14.2 Å². The Morgan fingerprint density at radius 2 is 1.89 bits per heavy atom. The van der Waals surface area contributed by atoms with Crippen molar-refractivity contribution in [3.05, 3.63) is 95.1 Å². The fourth-order valence-corrected chi connectivity index (χ4v) is 6.13. The Morgan fingerprint density at radius 1 is 1.14 bits per heavy atom. The molecular weight excluding hydrogens is 530 g/mol. The molecule has 178 valence electrons. The molecule has 0 aliphatic carbocycles. The van der Waals surface area contributed by atoms with Gasteiger partial charge in [-0.1, -0.05) is 57.6 Å². The molecule has 0 saturated heterocycles. The van der Waals surface area contributed by atoms with Crippen LogP contribution in [0.25, 0.3) is 5.57 Å². The van der Waals surface area contributed by atoms with E-state index in [-0.39, 0.29) is 18.1 Å². The van der Waals surface area contributed by atoms with E-state index in [0.717, 1.165) is 15.7 Å².